The molecule has 0 spiro atoms. The summed E-state index contributed by atoms with van der Waals surface area (Å²) in [6.07, 6.45) is 10.3. The van der Waals surface area contributed by atoms with Crippen molar-refractivity contribution in [1.29, 1.82) is 0 Å². The summed E-state index contributed by atoms with van der Waals surface area (Å²) in [5, 5.41) is 4.29. The SMILES string of the molecule is CCOC(=O)Oc1nc(-c2oc3cccc(OCCCNCc4cccnc4)c3c2C)oc1CC1CCCCC1. The number of hydrogen-bond acceptors (Lipinski definition) is 9. The minimum atomic E-state index is -0.792. The smallest absolute Gasteiger partial charge is 0.493 e. The van der Waals surface area contributed by atoms with Crippen LogP contribution in [0, 0.1) is 12.8 Å². The monoisotopic (exact) mass is 547 g/mol. The standard InChI is InChI=1S/C31H37N3O6/c1-3-36-31(35)40-29-26(18-22-10-5-4-6-11-22)39-30(34-29)28-21(2)27-24(13-7-14-25(27)38-28)37-17-9-16-33-20-23-12-8-15-32-19-23/h7-8,12-15,19,22,33H,3-6,9-11,16-18,20H2,1-2H3. The van der Waals surface area contributed by atoms with Crippen LogP contribution in [0.4, 0.5) is 4.79 Å². The van der Waals surface area contributed by atoms with E-state index in [1.54, 1.807) is 13.1 Å². The Morgan fingerprint density at radius 3 is 2.80 bits per heavy atom. The molecule has 5 rings (SSSR count). The third-order valence-electron chi connectivity index (χ3n) is 7.22. The molecular formula is C31H37N3O6. The van der Waals surface area contributed by atoms with Crippen molar-refractivity contribution in [2.24, 2.45) is 5.92 Å². The Balaban J connectivity index is 1.30. The zero-order chi connectivity index (χ0) is 27.7. The summed E-state index contributed by atoms with van der Waals surface area (Å²) >= 11 is 0. The number of aryl methyl sites for hydroxylation is 1. The van der Waals surface area contributed by atoms with Gasteiger partial charge in [0.2, 0.25) is 0 Å². The number of fused-ring (bicyclic) bond motifs is 1. The van der Waals surface area contributed by atoms with Crippen LogP contribution in [0.15, 0.2) is 51.6 Å². The van der Waals surface area contributed by atoms with Gasteiger partial charge in [-0.2, -0.15) is 4.98 Å². The summed E-state index contributed by atoms with van der Waals surface area (Å²) in [5.74, 6) is 2.68. The fourth-order valence-corrected chi connectivity index (χ4v) is 5.23. The van der Waals surface area contributed by atoms with Crippen molar-refractivity contribution in [1.82, 2.24) is 15.3 Å². The molecule has 9 nitrogen and oxygen atoms in total. The lowest BCUT2D eigenvalue weighted by Gasteiger charge is -2.20. The number of aromatic nitrogens is 2. The molecular weight excluding hydrogens is 510 g/mol. The van der Waals surface area contributed by atoms with Crippen LogP contribution in [-0.4, -0.2) is 35.9 Å². The second-order valence-corrected chi connectivity index (χ2v) is 10.2. The first-order valence-electron chi connectivity index (χ1n) is 14.2. The van der Waals surface area contributed by atoms with Gasteiger partial charge in [-0.3, -0.25) is 4.98 Å². The molecule has 1 fully saturated rings. The minimum Gasteiger partial charge on any atom is -0.493 e. The van der Waals surface area contributed by atoms with Crippen molar-refractivity contribution in [2.45, 2.75) is 65.3 Å². The zero-order valence-corrected chi connectivity index (χ0v) is 23.2. The highest BCUT2D eigenvalue weighted by Crippen LogP contribution is 2.40. The van der Waals surface area contributed by atoms with Gasteiger partial charge in [0, 0.05) is 30.9 Å². The molecule has 0 aliphatic heterocycles. The van der Waals surface area contributed by atoms with E-state index in [0.717, 1.165) is 54.6 Å². The van der Waals surface area contributed by atoms with E-state index in [-0.39, 0.29) is 18.4 Å². The molecule has 40 heavy (non-hydrogen) atoms. The third kappa shape index (κ3) is 6.83. The predicted octanol–water partition coefficient (Wildman–Crippen LogP) is 7.01. The lowest BCUT2D eigenvalue weighted by atomic mass is 9.86. The van der Waals surface area contributed by atoms with Gasteiger partial charge < -0.3 is 28.4 Å². The molecule has 0 unspecified atom stereocenters. The second-order valence-electron chi connectivity index (χ2n) is 10.2. The van der Waals surface area contributed by atoms with Crippen LogP contribution in [0.1, 0.15) is 62.3 Å². The van der Waals surface area contributed by atoms with E-state index < -0.39 is 6.16 Å². The van der Waals surface area contributed by atoms with Gasteiger partial charge in [-0.05, 0) is 56.5 Å². The van der Waals surface area contributed by atoms with E-state index in [0.29, 0.717) is 36.0 Å². The Hall–Kier alpha value is -3.85. The van der Waals surface area contributed by atoms with Crippen molar-refractivity contribution < 1.29 is 27.8 Å². The molecule has 0 saturated heterocycles. The van der Waals surface area contributed by atoms with E-state index >= 15 is 0 Å². The summed E-state index contributed by atoms with van der Waals surface area (Å²) in [4.78, 5) is 20.8. The largest absolute Gasteiger partial charge is 0.515 e. The van der Waals surface area contributed by atoms with Gasteiger partial charge in [0.1, 0.15) is 11.3 Å². The molecule has 3 aromatic heterocycles. The van der Waals surface area contributed by atoms with Gasteiger partial charge in [0.15, 0.2) is 11.5 Å². The zero-order valence-electron chi connectivity index (χ0n) is 23.2. The van der Waals surface area contributed by atoms with Gasteiger partial charge in [-0.15, -0.1) is 0 Å². The topological polar surface area (TPSA) is 109 Å². The molecule has 4 aromatic rings. The Bertz CT molecular complexity index is 1390. The average molecular weight is 548 g/mol. The number of pyridine rings is 1. The number of ether oxygens (including phenoxy) is 3. The highest BCUT2D eigenvalue weighted by molar-refractivity contribution is 5.91. The summed E-state index contributed by atoms with van der Waals surface area (Å²) in [7, 11) is 0. The first kappa shape index (κ1) is 27.7. The molecule has 0 amide bonds. The lowest BCUT2D eigenvalue weighted by Crippen LogP contribution is -2.17. The fraction of sp³-hybridized carbons (Fsp3) is 0.452. The highest BCUT2D eigenvalue weighted by atomic mass is 16.7. The first-order chi connectivity index (χ1) is 19.6. The van der Waals surface area contributed by atoms with Crippen LogP contribution in [-0.2, 0) is 17.7 Å². The molecule has 0 bridgehead atoms. The maximum Gasteiger partial charge on any atom is 0.515 e. The Morgan fingerprint density at radius 1 is 1.12 bits per heavy atom. The molecule has 3 heterocycles. The molecule has 212 valence electrons. The molecule has 9 heteroatoms. The number of nitrogens with one attached hydrogen (secondary N) is 1. The van der Waals surface area contributed by atoms with E-state index in [1.807, 2.05) is 37.4 Å². The van der Waals surface area contributed by atoms with Gasteiger partial charge in [0.05, 0.1) is 18.6 Å². The number of hydrogen-bond donors (Lipinski definition) is 1. The van der Waals surface area contributed by atoms with E-state index in [1.165, 1.54) is 19.3 Å². The number of carbonyl (C=O) groups is 1. The van der Waals surface area contributed by atoms with Gasteiger partial charge in [-0.25, -0.2) is 4.79 Å². The normalized spacial score (nSPS) is 13.9. The molecule has 1 aliphatic rings. The number of oxazole rings is 1. The number of furan rings is 1. The number of carbonyl (C=O) groups excluding carboxylic acids is 1. The van der Waals surface area contributed by atoms with Crippen molar-refractivity contribution in [3.05, 3.63) is 59.6 Å². The predicted molar refractivity (Wildman–Crippen MR) is 150 cm³/mol. The molecule has 1 aromatic carbocycles. The number of benzene rings is 1. The van der Waals surface area contributed by atoms with Gasteiger partial charge in [0.25, 0.3) is 11.8 Å². The Kier molecular flexibility index (Phi) is 9.34. The molecule has 1 N–H and O–H groups in total. The second kappa shape index (κ2) is 13.5. The molecule has 1 saturated carbocycles. The van der Waals surface area contributed by atoms with Crippen molar-refractivity contribution in [3.8, 4) is 23.3 Å². The first-order valence-corrected chi connectivity index (χ1v) is 14.2. The quantitative estimate of drug-likeness (QED) is 0.148. The lowest BCUT2D eigenvalue weighted by molar-refractivity contribution is 0.102. The molecule has 0 radical (unpaired) electrons. The maximum atomic E-state index is 12.1. The summed E-state index contributed by atoms with van der Waals surface area (Å²) < 4.78 is 29.0. The van der Waals surface area contributed by atoms with Crippen LogP contribution in [0.25, 0.3) is 22.6 Å². The van der Waals surface area contributed by atoms with Crippen molar-refractivity contribution >= 4 is 17.1 Å². The van der Waals surface area contributed by atoms with Gasteiger partial charge >= 0.3 is 6.16 Å². The molecule has 0 atom stereocenters. The third-order valence-corrected chi connectivity index (χ3v) is 7.22. The summed E-state index contributed by atoms with van der Waals surface area (Å²) in [5.41, 5.74) is 2.69. The Labute approximate surface area is 234 Å². The fourth-order valence-electron chi connectivity index (χ4n) is 5.23. The Morgan fingerprint density at radius 2 is 2.00 bits per heavy atom. The van der Waals surface area contributed by atoms with Crippen LogP contribution in [0.2, 0.25) is 0 Å². The van der Waals surface area contributed by atoms with Gasteiger partial charge in [-0.1, -0.05) is 44.2 Å². The number of nitrogens with zero attached hydrogens (tertiary/aromatic N) is 2. The van der Waals surface area contributed by atoms with E-state index in [4.69, 9.17) is 23.0 Å². The van der Waals surface area contributed by atoms with Crippen LogP contribution < -0.4 is 14.8 Å². The van der Waals surface area contributed by atoms with Crippen molar-refractivity contribution in [3.63, 3.8) is 0 Å². The average Bonchev–Trinajstić information content (AvgIpc) is 3.52. The van der Waals surface area contributed by atoms with Crippen LogP contribution >= 0.6 is 0 Å². The summed E-state index contributed by atoms with van der Waals surface area (Å²) in [6.45, 7) is 6.06. The maximum absolute atomic E-state index is 12.1. The number of rotatable bonds is 12. The van der Waals surface area contributed by atoms with E-state index in [2.05, 4.69) is 21.4 Å². The van der Waals surface area contributed by atoms with Crippen LogP contribution in [0.3, 0.4) is 0 Å². The summed E-state index contributed by atoms with van der Waals surface area (Å²) in [6, 6.07) is 9.74. The van der Waals surface area contributed by atoms with Crippen molar-refractivity contribution in [2.75, 3.05) is 19.8 Å². The minimum absolute atomic E-state index is 0.147. The van der Waals surface area contributed by atoms with E-state index in [9.17, 15) is 4.79 Å². The molecule has 1 aliphatic carbocycles. The highest BCUT2D eigenvalue weighted by Gasteiger charge is 2.27. The van der Waals surface area contributed by atoms with Crippen LogP contribution in [0.5, 0.6) is 11.6 Å².